The summed E-state index contributed by atoms with van der Waals surface area (Å²) in [5.74, 6) is 0.166. The fraction of sp³-hybridized carbons (Fsp3) is 0.143. The van der Waals surface area contributed by atoms with Crippen molar-refractivity contribution in [1.82, 2.24) is 0 Å². The van der Waals surface area contributed by atoms with Crippen molar-refractivity contribution < 1.29 is 0 Å². The maximum atomic E-state index is 3.93. The van der Waals surface area contributed by atoms with Gasteiger partial charge >= 0.3 is 0 Å². The fourth-order valence-electron chi connectivity index (χ4n) is 3.78. The van der Waals surface area contributed by atoms with Gasteiger partial charge in [-0.3, -0.25) is 0 Å². The van der Waals surface area contributed by atoms with Crippen LogP contribution in [0.3, 0.4) is 0 Å². The molecule has 3 aromatic carbocycles. The van der Waals surface area contributed by atoms with Crippen LogP contribution in [-0.2, 0) is 0 Å². The van der Waals surface area contributed by atoms with Crippen molar-refractivity contribution in [3.05, 3.63) is 132 Å². The molecule has 0 saturated carbocycles. The van der Waals surface area contributed by atoms with E-state index in [0.717, 1.165) is 0 Å². The van der Waals surface area contributed by atoms with E-state index in [2.05, 4.69) is 118 Å². The van der Waals surface area contributed by atoms with Gasteiger partial charge in [0.25, 0.3) is 0 Å². The van der Waals surface area contributed by atoms with Gasteiger partial charge in [-0.05, 0) is 65.8 Å². The first kappa shape index (κ1) is 19.6. The number of allylic oxidation sites excluding steroid dienone is 5. The van der Waals surface area contributed by atoms with Crippen molar-refractivity contribution in [2.24, 2.45) is 0 Å². The third-order valence-corrected chi connectivity index (χ3v) is 5.17. The highest BCUT2D eigenvalue weighted by molar-refractivity contribution is 5.71. The maximum Gasteiger partial charge on any atom is 0.0340 e. The molecule has 0 heterocycles. The Bertz CT molecular complexity index is 1000. The predicted octanol–water partition coefficient (Wildman–Crippen LogP) is 7.79. The van der Waals surface area contributed by atoms with E-state index in [0.29, 0.717) is 0 Å². The standard InChI is InChI=1S/C28H28/c1-5-12-23(13-6-2)28(24-15-8-7-9-16-24)25-19-18-22(4)27(20-25)26-17-11-10-14-21(26)3/h5-20,28H,1H2,2-4H3/b13-6-,23-12+. The third-order valence-electron chi connectivity index (χ3n) is 5.17. The normalized spacial score (nSPS) is 12.9. The molecule has 3 rings (SSSR count). The summed E-state index contributed by atoms with van der Waals surface area (Å²) in [5.41, 5.74) is 9.02. The quantitative estimate of drug-likeness (QED) is 0.392. The highest BCUT2D eigenvalue weighted by Gasteiger charge is 2.18. The van der Waals surface area contributed by atoms with Gasteiger partial charge in [-0.25, -0.2) is 0 Å². The minimum atomic E-state index is 0.166. The van der Waals surface area contributed by atoms with E-state index >= 15 is 0 Å². The Morgan fingerprint density at radius 1 is 0.786 bits per heavy atom. The fourth-order valence-corrected chi connectivity index (χ4v) is 3.78. The van der Waals surface area contributed by atoms with Crippen molar-refractivity contribution in [3.8, 4) is 11.1 Å². The van der Waals surface area contributed by atoms with Crippen molar-refractivity contribution in [3.63, 3.8) is 0 Å². The molecule has 1 atom stereocenters. The lowest BCUT2D eigenvalue weighted by molar-refractivity contribution is 0.975. The molecule has 0 radical (unpaired) electrons. The van der Waals surface area contributed by atoms with Crippen LogP contribution in [0.25, 0.3) is 11.1 Å². The first-order chi connectivity index (χ1) is 13.7. The molecule has 0 amide bonds. The molecule has 0 N–H and O–H groups in total. The van der Waals surface area contributed by atoms with E-state index in [1.54, 1.807) is 0 Å². The maximum absolute atomic E-state index is 3.93. The van der Waals surface area contributed by atoms with Gasteiger partial charge in [-0.2, -0.15) is 0 Å². The minimum Gasteiger partial charge on any atom is -0.0991 e. The number of hydrogen-bond donors (Lipinski definition) is 0. The van der Waals surface area contributed by atoms with Crippen LogP contribution in [-0.4, -0.2) is 0 Å². The van der Waals surface area contributed by atoms with E-state index in [1.165, 1.54) is 39.0 Å². The van der Waals surface area contributed by atoms with Crippen molar-refractivity contribution >= 4 is 0 Å². The summed E-state index contributed by atoms with van der Waals surface area (Å²) in [6.07, 6.45) is 8.28. The van der Waals surface area contributed by atoms with Crippen LogP contribution in [0, 0.1) is 13.8 Å². The second-order valence-corrected chi connectivity index (χ2v) is 7.14. The van der Waals surface area contributed by atoms with Gasteiger partial charge in [0, 0.05) is 5.92 Å². The van der Waals surface area contributed by atoms with Gasteiger partial charge in [-0.1, -0.05) is 97.6 Å². The second-order valence-electron chi connectivity index (χ2n) is 7.14. The van der Waals surface area contributed by atoms with Crippen LogP contribution in [0.5, 0.6) is 0 Å². The minimum absolute atomic E-state index is 0.166. The summed E-state index contributed by atoms with van der Waals surface area (Å²) in [6, 6.07) is 26.2. The van der Waals surface area contributed by atoms with Crippen LogP contribution in [0.15, 0.2) is 109 Å². The highest BCUT2D eigenvalue weighted by Crippen LogP contribution is 2.36. The smallest absolute Gasteiger partial charge is 0.0340 e. The molecule has 0 fully saturated rings. The van der Waals surface area contributed by atoms with Gasteiger partial charge in [0.1, 0.15) is 0 Å². The Morgan fingerprint density at radius 3 is 2.14 bits per heavy atom. The largest absolute Gasteiger partial charge is 0.0991 e. The zero-order valence-electron chi connectivity index (χ0n) is 17.0. The van der Waals surface area contributed by atoms with Gasteiger partial charge in [0.15, 0.2) is 0 Å². The SMILES string of the molecule is C=C/C=C(\C=C/C)C(c1ccccc1)c1ccc(C)c(-c2ccccc2C)c1. The van der Waals surface area contributed by atoms with Crippen molar-refractivity contribution in [2.45, 2.75) is 26.7 Å². The molecule has 0 heteroatoms. The third kappa shape index (κ3) is 4.23. The summed E-state index contributed by atoms with van der Waals surface area (Å²) in [4.78, 5) is 0. The lowest BCUT2D eigenvalue weighted by atomic mass is 9.82. The average Bonchev–Trinajstić information content (AvgIpc) is 2.71. The molecule has 0 spiro atoms. The summed E-state index contributed by atoms with van der Waals surface area (Å²) >= 11 is 0. The van der Waals surface area contributed by atoms with Crippen LogP contribution >= 0.6 is 0 Å². The molecule has 0 nitrogen and oxygen atoms in total. The number of benzene rings is 3. The molecule has 0 aliphatic heterocycles. The lowest BCUT2D eigenvalue weighted by Gasteiger charge is -2.22. The molecule has 3 aromatic rings. The molecule has 0 aliphatic carbocycles. The van der Waals surface area contributed by atoms with Crippen molar-refractivity contribution in [1.29, 1.82) is 0 Å². The summed E-state index contributed by atoms with van der Waals surface area (Å²) in [7, 11) is 0. The van der Waals surface area contributed by atoms with E-state index in [-0.39, 0.29) is 5.92 Å². The molecule has 1 unspecified atom stereocenters. The molecule has 28 heavy (non-hydrogen) atoms. The van der Waals surface area contributed by atoms with Crippen LogP contribution in [0.1, 0.15) is 35.1 Å². The monoisotopic (exact) mass is 364 g/mol. The van der Waals surface area contributed by atoms with E-state index in [1.807, 2.05) is 6.08 Å². The summed E-state index contributed by atoms with van der Waals surface area (Å²) < 4.78 is 0. The Hall–Kier alpha value is -3.12. The van der Waals surface area contributed by atoms with Crippen molar-refractivity contribution in [2.75, 3.05) is 0 Å². The summed E-state index contributed by atoms with van der Waals surface area (Å²) in [6.45, 7) is 10.4. The topological polar surface area (TPSA) is 0 Å². The molecular weight excluding hydrogens is 336 g/mol. The predicted molar refractivity (Wildman–Crippen MR) is 123 cm³/mol. The number of rotatable bonds is 6. The molecule has 0 aromatic heterocycles. The number of hydrogen-bond acceptors (Lipinski definition) is 0. The van der Waals surface area contributed by atoms with Crippen LogP contribution in [0.4, 0.5) is 0 Å². The van der Waals surface area contributed by atoms with Gasteiger partial charge in [0.05, 0.1) is 0 Å². The summed E-state index contributed by atoms with van der Waals surface area (Å²) in [5, 5.41) is 0. The molecule has 140 valence electrons. The second kappa shape index (κ2) is 9.19. The first-order valence-electron chi connectivity index (χ1n) is 9.82. The first-order valence-corrected chi connectivity index (χ1v) is 9.82. The van der Waals surface area contributed by atoms with Gasteiger partial charge < -0.3 is 0 Å². The van der Waals surface area contributed by atoms with Gasteiger partial charge in [-0.15, -0.1) is 0 Å². The zero-order valence-corrected chi connectivity index (χ0v) is 17.0. The Kier molecular flexibility index (Phi) is 6.45. The van der Waals surface area contributed by atoms with E-state index in [9.17, 15) is 0 Å². The number of aryl methyl sites for hydroxylation is 2. The average molecular weight is 365 g/mol. The highest BCUT2D eigenvalue weighted by atomic mass is 14.2. The van der Waals surface area contributed by atoms with Crippen LogP contribution in [0.2, 0.25) is 0 Å². The van der Waals surface area contributed by atoms with E-state index < -0.39 is 0 Å². The van der Waals surface area contributed by atoms with Gasteiger partial charge in [0.2, 0.25) is 0 Å². The lowest BCUT2D eigenvalue weighted by Crippen LogP contribution is -2.04. The molecule has 0 bridgehead atoms. The van der Waals surface area contributed by atoms with E-state index in [4.69, 9.17) is 0 Å². The Labute approximate surface area is 169 Å². The van der Waals surface area contributed by atoms with Crippen LogP contribution < -0.4 is 0 Å². The molecular formula is C28H28. The Morgan fingerprint density at radius 2 is 1.46 bits per heavy atom. The zero-order chi connectivity index (χ0) is 19.9. The molecule has 0 saturated heterocycles. The Balaban J connectivity index is 2.21. The molecule has 0 aliphatic rings.